The molecule has 0 N–H and O–H groups in total. The van der Waals surface area contributed by atoms with Crippen LogP contribution in [0.3, 0.4) is 0 Å². The van der Waals surface area contributed by atoms with Gasteiger partial charge in [0.15, 0.2) is 0 Å². The fourth-order valence-corrected chi connectivity index (χ4v) is 10.9. The average Bonchev–Trinajstić information content (AvgIpc) is 3.38. The molecule has 0 saturated carbocycles. The van der Waals surface area contributed by atoms with Gasteiger partial charge in [-0.25, -0.2) is 0 Å². The quantitative estimate of drug-likeness (QED) is 0.346. The standard InChI is InChI=1S/C17H19NSi.C9H7.Zr/c1-11-10-14-15(17-12(2)16(14)19(17,3)4)18(11)13-8-6-5-7-9-13;1-2-5-9-7-3-6-8(9)4-1;/h5-10,16H,1-4H3;1-7H;. The maximum absolute atomic E-state index is 2.52. The van der Waals surface area contributed by atoms with Gasteiger partial charge in [0.25, 0.3) is 0 Å². The summed E-state index contributed by atoms with van der Waals surface area (Å²) in [4.78, 5) is 0. The summed E-state index contributed by atoms with van der Waals surface area (Å²) >= 11 is 1.59. The van der Waals surface area contributed by atoms with E-state index >= 15 is 0 Å². The van der Waals surface area contributed by atoms with Gasteiger partial charge in [0, 0.05) is 22.6 Å². The third-order valence-electron chi connectivity index (χ3n) is 6.77. The number of rotatable bonds is 1. The number of aryl methyl sites for hydroxylation is 1. The molecule has 0 saturated heterocycles. The Morgan fingerprint density at radius 2 is 1.59 bits per heavy atom. The first-order valence-corrected chi connectivity index (χ1v) is 14.9. The van der Waals surface area contributed by atoms with Crippen LogP contribution >= 0.6 is 0 Å². The van der Waals surface area contributed by atoms with Crippen LogP contribution in [0.15, 0.2) is 72.3 Å². The average molecular weight is 472 g/mol. The summed E-state index contributed by atoms with van der Waals surface area (Å²) < 4.78 is 3.18. The zero-order chi connectivity index (χ0) is 20.3. The molecular formula is C26H26NSiZr. The molecule has 4 aliphatic rings. The first kappa shape index (κ1) is 19.3. The predicted molar refractivity (Wildman–Crippen MR) is 122 cm³/mol. The van der Waals surface area contributed by atoms with Crippen LogP contribution in [-0.4, -0.2) is 12.6 Å². The molecule has 143 valence electrons. The van der Waals surface area contributed by atoms with Gasteiger partial charge in [-0.2, -0.15) is 0 Å². The van der Waals surface area contributed by atoms with Crippen LogP contribution in [-0.2, 0) is 24.7 Å². The number of allylic oxidation sites excluding steroid dienone is 2. The summed E-state index contributed by atoms with van der Waals surface area (Å²) in [7, 11) is -1.19. The van der Waals surface area contributed by atoms with Crippen LogP contribution in [0.25, 0.3) is 17.0 Å². The van der Waals surface area contributed by atoms with Gasteiger partial charge in [0.1, 0.15) is 0 Å². The molecule has 2 aliphatic heterocycles. The number of para-hydroxylation sites is 1. The minimum atomic E-state index is -1.19. The van der Waals surface area contributed by atoms with E-state index in [2.05, 4.69) is 104 Å². The third kappa shape index (κ3) is 2.81. The van der Waals surface area contributed by atoms with Crippen molar-refractivity contribution in [2.45, 2.75) is 36.1 Å². The zero-order valence-corrected chi connectivity index (χ0v) is 21.0. The maximum atomic E-state index is 2.52. The summed E-state index contributed by atoms with van der Waals surface area (Å²) in [6.45, 7) is 9.60. The van der Waals surface area contributed by atoms with Gasteiger partial charge in [0.2, 0.25) is 0 Å². The Balaban J connectivity index is 0.000000153. The molecule has 0 spiro atoms. The molecule has 1 nitrogen and oxygen atoms in total. The number of hydrogen-bond acceptors (Lipinski definition) is 0. The van der Waals surface area contributed by atoms with Crippen LogP contribution in [0, 0.1) is 6.92 Å². The minimum absolute atomic E-state index is 0.711. The Kier molecular flexibility index (Phi) is 4.60. The number of fused-ring (bicyclic) bond motifs is 1. The van der Waals surface area contributed by atoms with Crippen LogP contribution in [0.2, 0.25) is 13.1 Å². The van der Waals surface area contributed by atoms with E-state index in [1.165, 1.54) is 28.2 Å². The molecule has 1 aromatic heterocycles. The Bertz CT molecular complexity index is 1170. The van der Waals surface area contributed by atoms with Crippen LogP contribution in [0.4, 0.5) is 0 Å². The summed E-state index contributed by atoms with van der Waals surface area (Å²) in [5.41, 5.74) is 11.1. The van der Waals surface area contributed by atoms with Crippen molar-refractivity contribution in [2.24, 2.45) is 0 Å². The second kappa shape index (κ2) is 6.93. The van der Waals surface area contributed by atoms with Gasteiger partial charge in [-0.05, 0) is 42.8 Å². The second-order valence-corrected chi connectivity index (χ2v) is 15.0. The van der Waals surface area contributed by atoms with Crippen LogP contribution in [0.1, 0.15) is 44.2 Å². The second-order valence-electron chi connectivity index (χ2n) is 8.94. The molecule has 3 heteroatoms. The molecule has 29 heavy (non-hydrogen) atoms. The first-order valence-electron chi connectivity index (χ1n) is 10.4. The number of hydrogen-bond donors (Lipinski definition) is 0. The van der Waals surface area contributed by atoms with E-state index in [0.29, 0.717) is 3.63 Å². The van der Waals surface area contributed by atoms with Gasteiger partial charge in [-0.1, -0.05) is 36.9 Å². The van der Waals surface area contributed by atoms with Crippen molar-refractivity contribution in [3.05, 3.63) is 100 Å². The molecule has 2 bridgehead atoms. The molecule has 0 amide bonds. The molecular weight excluding hydrogens is 446 g/mol. The van der Waals surface area contributed by atoms with E-state index in [0.717, 1.165) is 5.54 Å². The molecule has 3 aromatic rings. The van der Waals surface area contributed by atoms with Gasteiger partial charge in [0.05, 0.1) is 8.07 Å². The molecule has 2 atom stereocenters. The Morgan fingerprint density at radius 3 is 2.28 bits per heavy atom. The van der Waals surface area contributed by atoms with Gasteiger partial charge < -0.3 is 4.57 Å². The molecule has 0 fully saturated rings. The predicted octanol–water partition coefficient (Wildman–Crippen LogP) is 6.76. The van der Waals surface area contributed by atoms with Gasteiger partial charge in [-0.15, -0.1) is 0 Å². The molecule has 7 rings (SSSR count). The topological polar surface area (TPSA) is 4.93 Å². The Hall–Kier alpha value is -1.70. The third-order valence-corrected chi connectivity index (χ3v) is 12.1. The van der Waals surface area contributed by atoms with E-state index in [1.54, 1.807) is 41.1 Å². The van der Waals surface area contributed by atoms with Gasteiger partial charge >= 0.3 is 75.9 Å². The number of nitrogens with zero attached hydrogens (tertiary/aromatic N) is 1. The van der Waals surface area contributed by atoms with Crippen molar-refractivity contribution in [3.63, 3.8) is 0 Å². The number of benzene rings is 2. The molecule has 2 unspecified atom stereocenters. The van der Waals surface area contributed by atoms with Crippen LogP contribution in [0.5, 0.6) is 0 Å². The molecule has 3 heterocycles. The summed E-state index contributed by atoms with van der Waals surface area (Å²) in [5, 5.41) is 1.71. The zero-order valence-electron chi connectivity index (χ0n) is 17.5. The summed E-state index contributed by atoms with van der Waals surface area (Å²) in [6, 6.07) is 21.8. The fourth-order valence-electron chi connectivity index (χ4n) is 5.67. The first-order chi connectivity index (χ1) is 13.9. The monoisotopic (exact) mass is 470 g/mol. The van der Waals surface area contributed by atoms with Crippen molar-refractivity contribution < 1.29 is 24.7 Å². The van der Waals surface area contributed by atoms with E-state index < -0.39 is 8.07 Å². The van der Waals surface area contributed by atoms with Crippen molar-refractivity contribution in [1.29, 1.82) is 0 Å². The SMILES string of the molecule is CC1=C2c3c(cc(C)n3-c3ccccc3)C1[Si]2(C)C.[Zr][CH]1C=Cc2ccccc21. The summed E-state index contributed by atoms with van der Waals surface area (Å²) in [5.74, 6) is 0. The normalized spacial score (nSPS) is 21.9. The molecule has 0 radical (unpaired) electrons. The van der Waals surface area contributed by atoms with Crippen molar-refractivity contribution in [1.82, 2.24) is 4.57 Å². The van der Waals surface area contributed by atoms with Crippen LogP contribution < -0.4 is 0 Å². The van der Waals surface area contributed by atoms with E-state index in [9.17, 15) is 0 Å². The molecule has 2 aromatic carbocycles. The van der Waals surface area contributed by atoms with Gasteiger partial charge in [-0.3, -0.25) is 0 Å². The van der Waals surface area contributed by atoms with Crippen molar-refractivity contribution in [2.75, 3.05) is 0 Å². The van der Waals surface area contributed by atoms with E-state index in [-0.39, 0.29) is 0 Å². The number of aromatic nitrogens is 1. The molecule has 2 aliphatic carbocycles. The summed E-state index contributed by atoms with van der Waals surface area (Å²) in [6.07, 6.45) is 4.50. The Morgan fingerprint density at radius 1 is 0.897 bits per heavy atom. The van der Waals surface area contributed by atoms with E-state index in [1.807, 2.05) is 0 Å². The van der Waals surface area contributed by atoms with Crippen molar-refractivity contribution >= 4 is 19.3 Å². The van der Waals surface area contributed by atoms with Crippen molar-refractivity contribution in [3.8, 4) is 5.69 Å². The van der Waals surface area contributed by atoms with E-state index in [4.69, 9.17) is 0 Å². The fraction of sp³-hybridized carbons (Fsp3) is 0.231. The Labute approximate surface area is 190 Å².